The highest BCUT2D eigenvalue weighted by molar-refractivity contribution is 5.81. The van der Waals surface area contributed by atoms with E-state index in [9.17, 15) is 22.8 Å². The van der Waals surface area contributed by atoms with Crippen molar-refractivity contribution in [3.8, 4) is 0 Å². The van der Waals surface area contributed by atoms with Gasteiger partial charge < -0.3 is 14.7 Å². The molecule has 0 rings (SSSR count). The minimum atomic E-state index is -4.64. The zero-order valence-corrected chi connectivity index (χ0v) is 8.58. The maximum absolute atomic E-state index is 11.9. The number of rotatable bonds is 6. The van der Waals surface area contributed by atoms with Crippen molar-refractivity contribution in [1.82, 2.24) is 4.90 Å². The molecule has 0 aliphatic rings. The van der Waals surface area contributed by atoms with Gasteiger partial charge in [0, 0.05) is 13.7 Å². The zero-order chi connectivity index (χ0) is 12.8. The number of hydrogen-bond donors (Lipinski definition) is 1. The van der Waals surface area contributed by atoms with E-state index >= 15 is 0 Å². The minimum absolute atomic E-state index is 0.0170. The molecule has 0 unspecified atom stereocenters. The fraction of sp³-hybridized carbons (Fsp3) is 0.750. The molecule has 0 aliphatic carbocycles. The third-order valence-electron chi connectivity index (χ3n) is 1.60. The van der Waals surface area contributed by atoms with Crippen LogP contribution in [0.15, 0.2) is 0 Å². The van der Waals surface area contributed by atoms with Gasteiger partial charge in [0.25, 0.3) is 0 Å². The van der Waals surface area contributed by atoms with E-state index in [1.54, 1.807) is 0 Å². The Hall–Kier alpha value is -1.31. The van der Waals surface area contributed by atoms with Gasteiger partial charge in [-0.15, -0.1) is 0 Å². The molecular formula is C8H12F3NO4. The van der Waals surface area contributed by atoms with Crippen LogP contribution in [0.25, 0.3) is 0 Å². The molecule has 94 valence electrons. The highest BCUT2D eigenvalue weighted by Crippen LogP contribution is 2.20. The van der Waals surface area contributed by atoms with Gasteiger partial charge in [-0.25, -0.2) is 0 Å². The molecule has 0 atom stereocenters. The van der Waals surface area contributed by atoms with E-state index in [1.807, 2.05) is 0 Å². The molecular weight excluding hydrogens is 231 g/mol. The second-order valence-electron chi connectivity index (χ2n) is 2.99. The van der Waals surface area contributed by atoms with Crippen molar-refractivity contribution in [2.24, 2.45) is 0 Å². The second kappa shape index (κ2) is 6.31. The Kier molecular flexibility index (Phi) is 5.79. The van der Waals surface area contributed by atoms with Crippen molar-refractivity contribution in [1.29, 1.82) is 0 Å². The molecule has 0 bridgehead atoms. The molecule has 5 nitrogen and oxygen atoms in total. The van der Waals surface area contributed by atoms with Gasteiger partial charge in [0.1, 0.15) is 13.0 Å². The molecule has 0 aromatic carbocycles. The van der Waals surface area contributed by atoms with Crippen molar-refractivity contribution in [2.45, 2.75) is 12.6 Å². The van der Waals surface area contributed by atoms with Crippen LogP contribution in [0.2, 0.25) is 0 Å². The number of carboxylic acid groups (broad SMARTS) is 1. The largest absolute Gasteiger partial charge is 0.480 e. The summed E-state index contributed by atoms with van der Waals surface area (Å²) < 4.78 is 40.3. The average molecular weight is 243 g/mol. The van der Waals surface area contributed by atoms with Crippen LogP contribution < -0.4 is 0 Å². The maximum Gasteiger partial charge on any atom is 0.397 e. The Balaban J connectivity index is 4.37. The molecule has 1 amide bonds. The van der Waals surface area contributed by atoms with Crippen molar-refractivity contribution in [3.63, 3.8) is 0 Å². The van der Waals surface area contributed by atoms with Crippen LogP contribution in [-0.2, 0) is 14.3 Å². The highest BCUT2D eigenvalue weighted by Gasteiger charge is 2.33. The predicted molar refractivity (Wildman–Crippen MR) is 46.8 cm³/mol. The van der Waals surface area contributed by atoms with Crippen LogP contribution in [0.4, 0.5) is 13.2 Å². The second-order valence-corrected chi connectivity index (χ2v) is 2.99. The normalized spacial score (nSPS) is 11.2. The number of carbonyl (C=O) groups is 2. The van der Waals surface area contributed by atoms with Gasteiger partial charge in [-0.2, -0.15) is 13.2 Å². The number of methoxy groups -OCH3 is 1. The summed E-state index contributed by atoms with van der Waals surface area (Å²) in [5.74, 6) is -2.64. The van der Waals surface area contributed by atoms with Crippen LogP contribution in [0.3, 0.4) is 0 Å². The van der Waals surface area contributed by atoms with Crippen LogP contribution in [-0.4, -0.2) is 54.9 Å². The number of aliphatic carboxylic acids is 1. The number of carbonyl (C=O) groups excluding carboxylic acids is 1. The van der Waals surface area contributed by atoms with Crippen LogP contribution in [0.5, 0.6) is 0 Å². The molecule has 8 heteroatoms. The molecule has 0 radical (unpaired) electrons. The SMILES string of the molecule is COCCN(CC(=O)O)C(=O)CC(F)(F)F. The van der Waals surface area contributed by atoms with Crippen molar-refractivity contribution >= 4 is 11.9 Å². The lowest BCUT2D eigenvalue weighted by molar-refractivity contribution is -0.164. The lowest BCUT2D eigenvalue weighted by Crippen LogP contribution is -2.39. The van der Waals surface area contributed by atoms with E-state index in [0.717, 1.165) is 0 Å². The molecule has 0 spiro atoms. The van der Waals surface area contributed by atoms with Gasteiger partial charge in [-0.05, 0) is 0 Å². The molecule has 0 heterocycles. The molecule has 0 fully saturated rings. The Labute approximate surface area is 89.8 Å². The Morgan fingerprint density at radius 3 is 2.31 bits per heavy atom. The predicted octanol–water partition coefficient (Wildman–Crippen LogP) is 0.498. The zero-order valence-electron chi connectivity index (χ0n) is 8.58. The van der Waals surface area contributed by atoms with Crippen molar-refractivity contribution < 1.29 is 32.6 Å². The minimum Gasteiger partial charge on any atom is -0.480 e. The Bertz CT molecular complexity index is 254. The lowest BCUT2D eigenvalue weighted by Gasteiger charge is -2.20. The van der Waals surface area contributed by atoms with Gasteiger partial charge in [0.2, 0.25) is 5.91 Å². The summed E-state index contributed by atoms with van der Waals surface area (Å²) in [4.78, 5) is 22.0. The molecule has 0 saturated heterocycles. The van der Waals surface area contributed by atoms with Gasteiger partial charge in [-0.1, -0.05) is 0 Å². The topological polar surface area (TPSA) is 66.8 Å². The number of ether oxygens (including phenoxy) is 1. The van der Waals surface area contributed by atoms with Crippen LogP contribution in [0, 0.1) is 0 Å². The van der Waals surface area contributed by atoms with Gasteiger partial charge in [0.05, 0.1) is 6.61 Å². The molecule has 0 aliphatic heterocycles. The average Bonchev–Trinajstić information content (AvgIpc) is 2.08. The monoisotopic (exact) mass is 243 g/mol. The van der Waals surface area contributed by atoms with E-state index in [1.165, 1.54) is 7.11 Å². The standard InChI is InChI=1S/C8H12F3NO4/c1-16-3-2-12(5-7(14)15)6(13)4-8(9,10)11/h2-5H2,1H3,(H,14,15). The van der Waals surface area contributed by atoms with Crippen molar-refractivity contribution in [2.75, 3.05) is 26.8 Å². The summed E-state index contributed by atoms with van der Waals surface area (Å²) >= 11 is 0. The highest BCUT2D eigenvalue weighted by atomic mass is 19.4. The fourth-order valence-electron chi connectivity index (χ4n) is 0.940. The quantitative estimate of drug-likeness (QED) is 0.737. The number of amides is 1. The number of carboxylic acids is 1. The summed E-state index contributed by atoms with van der Waals surface area (Å²) in [5, 5.41) is 8.41. The maximum atomic E-state index is 11.9. The van der Waals surface area contributed by atoms with E-state index < -0.39 is 31.0 Å². The van der Waals surface area contributed by atoms with Crippen LogP contribution in [0.1, 0.15) is 6.42 Å². The molecule has 1 N–H and O–H groups in total. The first-order chi connectivity index (χ1) is 7.26. The van der Waals surface area contributed by atoms with Crippen LogP contribution >= 0.6 is 0 Å². The van der Waals surface area contributed by atoms with E-state index in [0.29, 0.717) is 4.90 Å². The van der Waals surface area contributed by atoms with Gasteiger partial charge >= 0.3 is 12.1 Å². The molecule has 0 saturated carbocycles. The summed E-state index contributed by atoms with van der Waals surface area (Å²) in [5.41, 5.74) is 0. The van der Waals surface area contributed by atoms with Gasteiger partial charge in [0.15, 0.2) is 0 Å². The number of nitrogens with zero attached hydrogens (tertiary/aromatic N) is 1. The van der Waals surface area contributed by atoms with E-state index in [-0.39, 0.29) is 13.2 Å². The van der Waals surface area contributed by atoms with E-state index in [4.69, 9.17) is 5.11 Å². The Morgan fingerprint density at radius 2 is 1.94 bits per heavy atom. The number of alkyl halides is 3. The lowest BCUT2D eigenvalue weighted by atomic mass is 10.3. The first-order valence-corrected chi connectivity index (χ1v) is 4.31. The fourth-order valence-corrected chi connectivity index (χ4v) is 0.940. The number of hydrogen-bond acceptors (Lipinski definition) is 3. The van der Waals surface area contributed by atoms with E-state index in [2.05, 4.69) is 4.74 Å². The Morgan fingerprint density at radius 1 is 1.38 bits per heavy atom. The smallest absolute Gasteiger partial charge is 0.397 e. The number of halogens is 3. The molecule has 16 heavy (non-hydrogen) atoms. The summed E-state index contributed by atoms with van der Waals surface area (Å²) in [7, 11) is 1.30. The summed E-state index contributed by atoms with van der Waals surface area (Å²) in [6.07, 6.45) is -6.30. The van der Waals surface area contributed by atoms with Crippen molar-refractivity contribution in [3.05, 3.63) is 0 Å². The summed E-state index contributed by atoms with van der Waals surface area (Å²) in [6, 6.07) is 0. The first-order valence-electron chi connectivity index (χ1n) is 4.31. The molecule has 0 aromatic rings. The first kappa shape index (κ1) is 14.7. The third-order valence-corrected chi connectivity index (χ3v) is 1.60. The third kappa shape index (κ3) is 7.04. The van der Waals surface area contributed by atoms with Gasteiger partial charge in [-0.3, -0.25) is 9.59 Å². The summed E-state index contributed by atoms with van der Waals surface area (Å²) in [6.45, 7) is -0.965. The molecule has 0 aromatic heterocycles.